The van der Waals surface area contributed by atoms with Crippen molar-refractivity contribution in [1.29, 1.82) is 0 Å². The van der Waals surface area contributed by atoms with E-state index in [0.29, 0.717) is 0 Å². The zero-order valence-corrected chi connectivity index (χ0v) is 12.2. The second kappa shape index (κ2) is 5.49. The van der Waals surface area contributed by atoms with Crippen LogP contribution in [0.25, 0.3) is 0 Å². The standard InChI is InChI=1S/C14H15IN2/c1-10-5-4-8-16-14(10)9-17-13-7-3-6-12(15)11(13)2/h3-8,17H,9H2,1-2H3. The van der Waals surface area contributed by atoms with Crippen molar-refractivity contribution in [3.05, 3.63) is 56.9 Å². The summed E-state index contributed by atoms with van der Waals surface area (Å²) in [7, 11) is 0. The molecule has 1 N–H and O–H groups in total. The van der Waals surface area contributed by atoms with E-state index < -0.39 is 0 Å². The highest BCUT2D eigenvalue weighted by atomic mass is 127. The van der Waals surface area contributed by atoms with Crippen molar-refractivity contribution < 1.29 is 0 Å². The van der Waals surface area contributed by atoms with E-state index in [0.717, 1.165) is 12.2 Å². The SMILES string of the molecule is Cc1cccnc1CNc1cccc(I)c1C. The van der Waals surface area contributed by atoms with Gasteiger partial charge in [-0.1, -0.05) is 12.1 Å². The average Bonchev–Trinajstić information content (AvgIpc) is 2.33. The summed E-state index contributed by atoms with van der Waals surface area (Å²) in [5.74, 6) is 0. The number of rotatable bonds is 3. The molecule has 2 rings (SSSR count). The highest BCUT2D eigenvalue weighted by molar-refractivity contribution is 14.1. The van der Waals surface area contributed by atoms with E-state index >= 15 is 0 Å². The average molecular weight is 338 g/mol. The molecule has 0 amide bonds. The third-order valence-electron chi connectivity index (χ3n) is 2.83. The lowest BCUT2D eigenvalue weighted by Crippen LogP contribution is -2.05. The Morgan fingerprint density at radius 1 is 1.18 bits per heavy atom. The number of nitrogens with zero attached hydrogens (tertiary/aromatic N) is 1. The summed E-state index contributed by atoms with van der Waals surface area (Å²) in [6.45, 7) is 4.99. The molecule has 0 spiro atoms. The maximum Gasteiger partial charge on any atom is 0.0623 e. The molecular formula is C14H15IN2. The predicted molar refractivity (Wildman–Crippen MR) is 80.2 cm³/mol. The molecule has 2 aromatic rings. The van der Waals surface area contributed by atoms with Crippen LogP contribution in [0.2, 0.25) is 0 Å². The monoisotopic (exact) mass is 338 g/mol. The van der Waals surface area contributed by atoms with E-state index in [1.807, 2.05) is 12.3 Å². The van der Waals surface area contributed by atoms with Crippen LogP contribution < -0.4 is 5.32 Å². The van der Waals surface area contributed by atoms with E-state index in [4.69, 9.17) is 0 Å². The molecule has 0 aliphatic heterocycles. The minimum atomic E-state index is 0.771. The van der Waals surface area contributed by atoms with Gasteiger partial charge in [-0.2, -0.15) is 0 Å². The van der Waals surface area contributed by atoms with Gasteiger partial charge in [0.25, 0.3) is 0 Å². The molecule has 1 heterocycles. The maximum atomic E-state index is 4.38. The summed E-state index contributed by atoms with van der Waals surface area (Å²) in [5, 5.41) is 3.44. The molecule has 0 radical (unpaired) electrons. The predicted octanol–water partition coefficient (Wildman–Crippen LogP) is 3.92. The molecule has 0 saturated heterocycles. The summed E-state index contributed by atoms with van der Waals surface area (Å²) in [4.78, 5) is 4.38. The Balaban J connectivity index is 2.13. The molecule has 0 saturated carbocycles. The van der Waals surface area contributed by atoms with Crippen molar-refractivity contribution in [3.8, 4) is 0 Å². The minimum absolute atomic E-state index is 0.771. The van der Waals surface area contributed by atoms with Gasteiger partial charge in [-0.05, 0) is 65.8 Å². The van der Waals surface area contributed by atoms with Crippen LogP contribution in [0.4, 0.5) is 5.69 Å². The molecule has 2 nitrogen and oxygen atoms in total. The van der Waals surface area contributed by atoms with Gasteiger partial charge in [0.2, 0.25) is 0 Å². The molecule has 0 aliphatic carbocycles. The molecule has 1 aromatic heterocycles. The van der Waals surface area contributed by atoms with Crippen LogP contribution in [0.15, 0.2) is 36.5 Å². The number of aromatic nitrogens is 1. The molecule has 17 heavy (non-hydrogen) atoms. The number of anilines is 1. The van der Waals surface area contributed by atoms with Gasteiger partial charge >= 0.3 is 0 Å². The maximum absolute atomic E-state index is 4.38. The molecule has 3 heteroatoms. The van der Waals surface area contributed by atoms with Gasteiger partial charge in [0.15, 0.2) is 0 Å². The Hall–Kier alpha value is -1.10. The highest BCUT2D eigenvalue weighted by Crippen LogP contribution is 2.21. The molecule has 0 aliphatic rings. The smallest absolute Gasteiger partial charge is 0.0623 e. The van der Waals surface area contributed by atoms with Crippen molar-refractivity contribution in [3.63, 3.8) is 0 Å². The second-order valence-corrected chi connectivity index (χ2v) is 5.20. The lowest BCUT2D eigenvalue weighted by Gasteiger charge is -2.11. The number of hydrogen-bond donors (Lipinski definition) is 1. The summed E-state index contributed by atoms with van der Waals surface area (Å²) in [6.07, 6.45) is 1.84. The van der Waals surface area contributed by atoms with Gasteiger partial charge in [-0.15, -0.1) is 0 Å². The summed E-state index contributed by atoms with van der Waals surface area (Å²) < 4.78 is 1.28. The van der Waals surface area contributed by atoms with Gasteiger partial charge < -0.3 is 5.32 Å². The third kappa shape index (κ3) is 2.97. The summed E-state index contributed by atoms with van der Waals surface area (Å²) in [6, 6.07) is 10.4. The lowest BCUT2D eigenvalue weighted by molar-refractivity contribution is 1.01. The summed E-state index contributed by atoms with van der Waals surface area (Å²) >= 11 is 2.36. The van der Waals surface area contributed by atoms with E-state index in [1.54, 1.807) is 0 Å². The molecule has 0 fully saturated rings. The number of nitrogens with one attached hydrogen (secondary N) is 1. The first kappa shape index (κ1) is 12.4. The van der Waals surface area contributed by atoms with Gasteiger partial charge in [0.05, 0.1) is 12.2 Å². The Labute approximate surface area is 116 Å². The zero-order valence-electron chi connectivity index (χ0n) is 10.00. The van der Waals surface area contributed by atoms with E-state index in [1.165, 1.54) is 20.4 Å². The lowest BCUT2D eigenvalue weighted by atomic mass is 10.2. The normalized spacial score (nSPS) is 10.3. The van der Waals surface area contributed by atoms with Crippen molar-refractivity contribution in [2.45, 2.75) is 20.4 Å². The molecule has 0 atom stereocenters. The van der Waals surface area contributed by atoms with E-state index in [9.17, 15) is 0 Å². The highest BCUT2D eigenvalue weighted by Gasteiger charge is 2.02. The largest absolute Gasteiger partial charge is 0.379 e. The van der Waals surface area contributed by atoms with Crippen molar-refractivity contribution in [1.82, 2.24) is 4.98 Å². The van der Waals surface area contributed by atoms with Gasteiger partial charge in [-0.3, -0.25) is 4.98 Å². The summed E-state index contributed by atoms with van der Waals surface area (Å²) in [5.41, 5.74) is 4.80. The van der Waals surface area contributed by atoms with Crippen LogP contribution >= 0.6 is 22.6 Å². The molecular weight excluding hydrogens is 323 g/mol. The fourth-order valence-electron chi connectivity index (χ4n) is 1.68. The first-order chi connectivity index (χ1) is 8.18. The Bertz CT molecular complexity index is 523. The first-order valence-electron chi connectivity index (χ1n) is 5.58. The van der Waals surface area contributed by atoms with Crippen LogP contribution in [0.5, 0.6) is 0 Å². The van der Waals surface area contributed by atoms with Crippen molar-refractivity contribution >= 4 is 28.3 Å². The third-order valence-corrected chi connectivity index (χ3v) is 4.00. The molecule has 0 bridgehead atoms. The van der Waals surface area contributed by atoms with E-state index in [2.05, 4.69) is 71.0 Å². The van der Waals surface area contributed by atoms with Crippen LogP contribution in [0.1, 0.15) is 16.8 Å². The molecule has 0 unspecified atom stereocenters. The Morgan fingerprint density at radius 2 is 2.00 bits per heavy atom. The molecule has 88 valence electrons. The van der Waals surface area contributed by atoms with Crippen LogP contribution in [0.3, 0.4) is 0 Å². The zero-order chi connectivity index (χ0) is 12.3. The van der Waals surface area contributed by atoms with Crippen molar-refractivity contribution in [2.75, 3.05) is 5.32 Å². The number of hydrogen-bond acceptors (Lipinski definition) is 2. The van der Waals surface area contributed by atoms with Crippen LogP contribution in [-0.4, -0.2) is 4.98 Å². The Kier molecular flexibility index (Phi) is 3.99. The minimum Gasteiger partial charge on any atom is -0.379 e. The van der Waals surface area contributed by atoms with Gasteiger partial charge in [-0.25, -0.2) is 0 Å². The van der Waals surface area contributed by atoms with Gasteiger partial charge in [0.1, 0.15) is 0 Å². The number of aryl methyl sites for hydroxylation is 1. The second-order valence-electron chi connectivity index (χ2n) is 4.03. The Morgan fingerprint density at radius 3 is 2.76 bits per heavy atom. The number of halogens is 1. The van der Waals surface area contributed by atoms with Crippen molar-refractivity contribution in [2.24, 2.45) is 0 Å². The van der Waals surface area contributed by atoms with Gasteiger partial charge in [0, 0.05) is 15.5 Å². The van der Waals surface area contributed by atoms with Crippen LogP contribution in [0, 0.1) is 17.4 Å². The van der Waals surface area contributed by atoms with E-state index in [-0.39, 0.29) is 0 Å². The number of pyridine rings is 1. The fraction of sp³-hybridized carbons (Fsp3) is 0.214. The first-order valence-corrected chi connectivity index (χ1v) is 6.66. The molecule has 1 aromatic carbocycles. The number of benzene rings is 1. The van der Waals surface area contributed by atoms with Crippen LogP contribution in [-0.2, 0) is 6.54 Å². The quantitative estimate of drug-likeness (QED) is 0.859. The fourth-order valence-corrected chi connectivity index (χ4v) is 2.18. The topological polar surface area (TPSA) is 24.9 Å².